The molecule has 0 aromatic heterocycles. The molecular formula is C24H23NO5. The number of anilines is 1. The van der Waals surface area contributed by atoms with Crippen LogP contribution in [0.15, 0.2) is 60.7 Å². The van der Waals surface area contributed by atoms with Gasteiger partial charge in [0.25, 0.3) is 0 Å². The van der Waals surface area contributed by atoms with E-state index in [0.717, 1.165) is 58.5 Å². The van der Waals surface area contributed by atoms with Gasteiger partial charge in [-0.3, -0.25) is 0 Å². The second kappa shape index (κ2) is 8.06. The van der Waals surface area contributed by atoms with Crippen LogP contribution in [0.25, 0.3) is 0 Å². The summed E-state index contributed by atoms with van der Waals surface area (Å²) < 4.78 is 27.6. The van der Waals surface area contributed by atoms with Crippen molar-refractivity contribution in [2.75, 3.05) is 32.6 Å². The number of fused-ring (bicyclic) bond motifs is 2. The highest BCUT2D eigenvalue weighted by molar-refractivity contribution is 5.56. The number of hydrogen-bond acceptors (Lipinski definition) is 6. The number of rotatable bonds is 7. The van der Waals surface area contributed by atoms with E-state index in [0.29, 0.717) is 0 Å². The molecule has 0 bridgehead atoms. The van der Waals surface area contributed by atoms with Gasteiger partial charge in [-0.15, -0.1) is 0 Å². The van der Waals surface area contributed by atoms with Crippen molar-refractivity contribution in [3.05, 3.63) is 71.8 Å². The summed E-state index contributed by atoms with van der Waals surface area (Å²) in [6.45, 7) is 1.32. The molecule has 0 saturated heterocycles. The van der Waals surface area contributed by atoms with Gasteiger partial charge in [0, 0.05) is 29.8 Å². The van der Waals surface area contributed by atoms with E-state index in [1.165, 1.54) is 0 Å². The molecular weight excluding hydrogens is 382 g/mol. The fourth-order valence-electron chi connectivity index (χ4n) is 3.95. The quantitative estimate of drug-likeness (QED) is 0.610. The molecule has 2 aliphatic heterocycles. The van der Waals surface area contributed by atoms with Gasteiger partial charge in [0.15, 0.2) is 23.0 Å². The summed E-state index contributed by atoms with van der Waals surface area (Å²) in [6, 6.07) is 20.2. The Morgan fingerprint density at radius 1 is 0.833 bits per heavy atom. The van der Waals surface area contributed by atoms with Crippen LogP contribution in [-0.2, 0) is 0 Å². The number of nitrogens with one attached hydrogen (secondary N) is 1. The molecule has 6 nitrogen and oxygen atoms in total. The molecule has 0 radical (unpaired) electrons. The number of para-hydroxylation sites is 1. The Kier molecular flexibility index (Phi) is 4.97. The molecule has 3 aromatic carbocycles. The van der Waals surface area contributed by atoms with Gasteiger partial charge in [-0.05, 0) is 42.3 Å². The van der Waals surface area contributed by atoms with Crippen molar-refractivity contribution in [1.29, 1.82) is 0 Å². The first-order valence-electron chi connectivity index (χ1n) is 9.98. The highest BCUT2D eigenvalue weighted by atomic mass is 16.7. The molecule has 0 unspecified atom stereocenters. The molecule has 0 amide bonds. The molecule has 0 spiro atoms. The maximum absolute atomic E-state index is 5.65. The van der Waals surface area contributed by atoms with Crippen LogP contribution in [0.2, 0.25) is 0 Å². The SMILES string of the molecule is COc1ccccc1[C@@H](CCNc1ccc2c(c1)OCO2)c1ccc2c(c1)OCO2. The number of methoxy groups -OCH3 is 1. The molecule has 5 rings (SSSR count). The minimum absolute atomic E-state index is 0.136. The number of ether oxygens (including phenoxy) is 5. The fraction of sp³-hybridized carbons (Fsp3) is 0.250. The van der Waals surface area contributed by atoms with Crippen molar-refractivity contribution in [3.63, 3.8) is 0 Å². The van der Waals surface area contributed by atoms with Crippen LogP contribution >= 0.6 is 0 Å². The van der Waals surface area contributed by atoms with Crippen LogP contribution < -0.4 is 29.0 Å². The van der Waals surface area contributed by atoms with Crippen molar-refractivity contribution in [3.8, 4) is 28.7 Å². The van der Waals surface area contributed by atoms with E-state index in [9.17, 15) is 0 Å². The summed E-state index contributed by atoms with van der Waals surface area (Å²) in [4.78, 5) is 0. The van der Waals surface area contributed by atoms with Gasteiger partial charge in [0.2, 0.25) is 13.6 Å². The van der Waals surface area contributed by atoms with Crippen molar-refractivity contribution in [1.82, 2.24) is 0 Å². The van der Waals surface area contributed by atoms with Crippen molar-refractivity contribution in [2.24, 2.45) is 0 Å². The summed E-state index contributed by atoms with van der Waals surface area (Å²) >= 11 is 0. The van der Waals surface area contributed by atoms with Crippen LogP contribution in [0.3, 0.4) is 0 Å². The topological polar surface area (TPSA) is 58.2 Å². The van der Waals surface area contributed by atoms with E-state index in [2.05, 4.69) is 23.5 Å². The molecule has 30 heavy (non-hydrogen) atoms. The predicted molar refractivity (Wildman–Crippen MR) is 113 cm³/mol. The first-order chi connectivity index (χ1) is 14.8. The van der Waals surface area contributed by atoms with Gasteiger partial charge in [-0.2, -0.15) is 0 Å². The molecule has 0 saturated carbocycles. The summed E-state index contributed by atoms with van der Waals surface area (Å²) in [6.07, 6.45) is 0.870. The maximum Gasteiger partial charge on any atom is 0.231 e. The van der Waals surface area contributed by atoms with Gasteiger partial charge in [0.1, 0.15) is 5.75 Å². The third-order valence-electron chi connectivity index (χ3n) is 5.45. The van der Waals surface area contributed by atoms with Crippen LogP contribution in [0.1, 0.15) is 23.5 Å². The second-order valence-electron chi connectivity index (χ2n) is 7.19. The van der Waals surface area contributed by atoms with Crippen molar-refractivity contribution in [2.45, 2.75) is 12.3 Å². The lowest BCUT2D eigenvalue weighted by Gasteiger charge is -2.21. The Bertz CT molecular complexity index is 1050. The monoisotopic (exact) mass is 405 g/mol. The van der Waals surface area contributed by atoms with E-state index >= 15 is 0 Å². The molecule has 2 heterocycles. The van der Waals surface area contributed by atoms with Gasteiger partial charge in [0.05, 0.1) is 7.11 Å². The van der Waals surface area contributed by atoms with Gasteiger partial charge < -0.3 is 29.0 Å². The minimum Gasteiger partial charge on any atom is -0.496 e. The Balaban J connectivity index is 1.38. The van der Waals surface area contributed by atoms with Crippen molar-refractivity contribution >= 4 is 5.69 Å². The zero-order chi connectivity index (χ0) is 20.3. The van der Waals surface area contributed by atoms with Gasteiger partial charge in [-0.1, -0.05) is 24.3 Å². The number of benzene rings is 3. The standard InChI is InChI=1S/C24H23NO5/c1-26-20-5-3-2-4-19(20)18(16-6-8-21-23(12-16)29-14-27-21)10-11-25-17-7-9-22-24(13-17)30-15-28-22/h2-9,12-13,18,25H,10-11,14-15H2,1H3/t18-/m0/s1. The fourth-order valence-corrected chi connectivity index (χ4v) is 3.95. The average Bonchev–Trinajstić information content (AvgIpc) is 3.45. The Hall–Kier alpha value is -3.54. The Morgan fingerprint density at radius 2 is 1.53 bits per heavy atom. The molecule has 0 aliphatic carbocycles. The molecule has 3 aromatic rings. The average molecular weight is 405 g/mol. The van der Waals surface area contributed by atoms with Crippen LogP contribution in [-0.4, -0.2) is 27.2 Å². The molecule has 1 N–H and O–H groups in total. The summed E-state index contributed by atoms with van der Waals surface area (Å²) in [5.74, 6) is 4.15. The first kappa shape index (κ1) is 18.5. The van der Waals surface area contributed by atoms with Crippen molar-refractivity contribution < 1.29 is 23.7 Å². The predicted octanol–water partition coefficient (Wildman–Crippen LogP) is 4.79. The summed E-state index contributed by atoms with van der Waals surface area (Å²) in [5, 5.41) is 3.50. The third-order valence-corrected chi connectivity index (χ3v) is 5.45. The lowest BCUT2D eigenvalue weighted by atomic mass is 9.87. The summed E-state index contributed by atoms with van der Waals surface area (Å²) in [5.41, 5.74) is 3.31. The maximum atomic E-state index is 5.65. The zero-order valence-corrected chi connectivity index (χ0v) is 16.7. The molecule has 6 heteroatoms. The lowest BCUT2D eigenvalue weighted by molar-refractivity contribution is 0.173. The lowest BCUT2D eigenvalue weighted by Crippen LogP contribution is -2.10. The minimum atomic E-state index is 0.136. The van der Waals surface area contributed by atoms with Crippen LogP contribution in [0.5, 0.6) is 28.7 Å². The van der Waals surface area contributed by atoms with E-state index in [1.807, 2.05) is 42.5 Å². The van der Waals surface area contributed by atoms with E-state index in [4.69, 9.17) is 23.7 Å². The largest absolute Gasteiger partial charge is 0.496 e. The van der Waals surface area contributed by atoms with E-state index in [-0.39, 0.29) is 19.5 Å². The first-order valence-corrected chi connectivity index (χ1v) is 9.98. The molecule has 0 fully saturated rings. The summed E-state index contributed by atoms with van der Waals surface area (Å²) in [7, 11) is 1.71. The smallest absolute Gasteiger partial charge is 0.231 e. The van der Waals surface area contributed by atoms with Crippen LogP contribution in [0, 0.1) is 0 Å². The Labute approximate surface area is 175 Å². The second-order valence-corrected chi connectivity index (χ2v) is 7.19. The van der Waals surface area contributed by atoms with Gasteiger partial charge in [-0.25, -0.2) is 0 Å². The zero-order valence-electron chi connectivity index (χ0n) is 16.7. The molecule has 2 aliphatic rings. The van der Waals surface area contributed by atoms with Gasteiger partial charge >= 0.3 is 0 Å². The molecule has 154 valence electrons. The van der Waals surface area contributed by atoms with Crippen LogP contribution in [0.4, 0.5) is 5.69 Å². The highest BCUT2D eigenvalue weighted by Crippen LogP contribution is 2.40. The normalized spacial score (nSPS) is 14.4. The number of hydrogen-bond donors (Lipinski definition) is 1. The molecule has 1 atom stereocenters. The van der Waals surface area contributed by atoms with E-state index in [1.54, 1.807) is 7.11 Å². The Morgan fingerprint density at radius 3 is 2.33 bits per heavy atom. The van der Waals surface area contributed by atoms with E-state index < -0.39 is 0 Å². The highest BCUT2D eigenvalue weighted by Gasteiger charge is 2.22. The third kappa shape index (κ3) is 3.56.